The predicted octanol–water partition coefficient (Wildman–Crippen LogP) is 3.42. The molecule has 2 rings (SSSR count). The Hall–Kier alpha value is 0.01000. The lowest BCUT2D eigenvalue weighted by atomic mass is 10.2. The molecule has 1 saturated heterocycles. The molecular formula is C16H29IN4S2. The smallest absolute Gasteiger partial charge is 0.191 e. The monoisotopic (exact) mass is 468 g/mol. The molecule has 132 valence electrons. The van der Waals surface area contributed by atoms with Crippen molar-refractivity contribution in [2.75, 3.05) is 39.5 Å². The number of guanidine groups is 1. The van der Waals surface area contributed by atoms with Crippen molar-refractivity contribution in [2.45, 2.75) is 31.1 Å². The van der Waals surface area contributed by atoms with Crippen molar-refractivity contribution in [1.82, 2.24) is 15.5 Å². The minimum absolute atomic E-state index is 0. The first kappa shape index (κ1) is 21.1. The van der Waals surface area contributed by atoms with Crippen molar-refractivity contribution in [3.05, 3.63) is 22.4 Å². The molecule has 1 aromatic heterocycles. The maximum atomic E-state index is 4.80. The van der Waals surface area contributed by atoms with Crippen LogP contribution in [0.5, 0.6) is 0 Å². The number of halogens is 1. The van der Waals surface area contributed by atoms with Crippen LogP contribution in [0, 0.1) is 0 Å². The lowest BCUT2D eigenvalue weighted by molar-refractivity contribution is 0.310. The molecular weight excluding hydrogens is 439 g/mol. The lowest BCUT2D eigenvalue weighted by Crippen LogP contribution is -2.40. The van der Waals surface area contributed by atoms with Crippen LogP contribution in [0.25, 0.3) is 0 Å². The number of hydrogen-bond donors (Lipinski definition) is 2. The largest absolute Gasteiger partial charge is 0.357 e. The minimum Gasteiger partial charge on any atom is -0.357 e. The number of thiophene rings is 1. The highest BCUT2D eigenvalue weighted by molar-refractivity contribution is 14.0. The van der Waals surface area contributed by atoms with E-state index in [1.54, 1.807) is 11.3 Å². The molecule has 2 N–H and O–H groups in total. The first-order chi connectivity index (χ1) is 10.7. The number of nitrogens with one attached hydrogen (secondary N) is 2. The molecule has 23 heavy (non-hydrogen) atoms. The highest BCUT2D eigenvalue weighted by atomic mass is 127. The van der Waals surface area contributed by atoms with Crippen LogP contribution in [0.1, 0.15) is 30.7 Å². The van der Waals surface area contributed by atoms with Gasteiger partial charge in [0, 0.05) is 23.2 Å². The fourth-order valence-electron chi connectivity index (χ4n) is 2.52. The summed E-state index contributed by atoms with van der Waals surface area (Å²) in [6, 6.07) is 4.65. The summed E-state index contributed by atoms with van der Waals surface area (Å²) in [6.07, 6.45) is 2.68. The van der Waals surface area contributed by atoms with Gasteiger partial charge in [0.1, 0.15) is 0 Å². The number of thioether (sulfide) groups is 1. The molecule has 0 saturated carbocycles. The molecule has 2 unspecified atom stereocenters. The lowest BCUT2D eigenvalue weighted by Gasteiger charge is -2.22. The average Bonchev–Trinajstić information content (AvgIpc) is 3.18. The maximum absolute atomic E-state index is 4.80. The van der Waals surface area contributed by atoms with E-state index < -0.39 is 0 Å². The van der Waals surface area contributed by atoms with Gasteiger partial charge in [-0.1, -0.05) is 6.07 Å². The summed E-state index contributed by atoms with van der Waals surface area (Å²) in [4.78, 5) is 8.42. The SMILES string of the molecule is CCNC(=NCC(c1cccs1)N(C)C)NCC1CCCS1.I. The topological polar surface area (TPSA) is 39.7 Å². The van der Waals surface area contributed by atoms with E-state index in [1.165, 1.54) is 23.5 Å². The van der Waals surface area contributed by atoms with Gasteiger partial charge in [-0.3, -0.25) is 4.99 Å². The van der Waals surface area contributed by atoms with Crippen LogP contribution in [-0.4, -0.2) is 55.6 Å². The Morgan fingerprint density at radius 2 is 2.26 bits per heavy atom. The zero-order valence-electron chi connectivity index (χ0n) is 14.2. The summed E-state index contributed by atoms with van der Waals surface area (Å²) in [6.45, 7) is 4.81. The van der Waals surface area contributed by atoms with Gasteiger partial charge in [0.2, 0.25) is 0 Å². The van der Waals surface area contributed by atoms with Gasteiger partial charge in [0.05, 0.1) is 12.6 Å². The Balaban J connectivity index is 0.00000264. The van der Waals surface area contributed by atoms with Gasteiger partial charge in [-0.05, 0) is 51.1 Å². The van der Waals surface area contributed by atoms with E-state index in [9.17, 15) is 0 Å². The van der Waals surface area contributed by atoms with Crippen LogP contribution in [0.4, 0.5) is 0 Å². The van der Waals surface area contributed by atoms with Crippen LogP contribution >= 0.6 is 47.1 Å². The summed E-state index contributed by atoms with van der Waals surface area (Å²) in [5.41, 5.74) is 0. The summed E-state index contributed by atoms with van der Waals surface area (Å²) < 4.78 is 0. The molecule has 2 atom stereocenters. The molecule has 4 nitrogen and oxygen atoms in total. The van der Waals surface area contributed by atoms with Gasteiger partial charge >= 0.3 is 0 Å². The molecule has 0 aromatic carbocycles. The zero-order chi connectivity index (χ0) is 15.8. The Labute approximate surface area is 165 Å². The predicted molar refractivity (Wildman–Crippen MR) is 116 cm³/mol. The molecule has 0 radical (unpaired) electrons. The van der Waals surface area contributed by atoms with Crippen molar-refractivity contribution in [1.29, 1.82) is 0 Å². The van der Waals surface area contributed by atoms with E-state index in [0.29, 0.717) is 6.04 Å². The van der Waals surface area contributed by atoms with Gasteiger partial charge in [-0.15, -0.1) is 35.3 Å². The fraction of sp³-hybridized carbons (Fsp3) is 0.688. The van der Waals surface area contributed by atoms with Crippen LogP contribution < -0.4 is 10.6 Å². The van der Waals surface area contributed by atoms with E-state index in [2.05, 4.69) is 65.8 Å². The number of aliphatic imine (C=N–C) groups is 1. The van der Waals surface area contributed by atoms with Gasteiger partial charge in [-0.2, -0.15) is 11.8 Å². The van der Waals surface area contributed by atoms with Crippen LogP contribution in [0.3, 0.4) is 0 Å². The molecule has 0 aliphatic carbocycles. The van der Waals surface area contributed by atoms with Gasteiger partial charge < -0.3 is 15.5 Å². The molecule has 1 fully saturated rings. The Morgan fingerprint density at radius 1 is 1.43 bits per heavy atom. The molecule has 1 aliphatic heterocycles. The van der Waals surface area contributed by atoms with Gasteiger partial charge in [-0.25, -0.2) is 0 Å². The van der Waals surface area contributed by atoms with Crippen LogP contribution in [-0.2, 0) is 0 Å². The number of nitrogens with zero attached hydrogens (tertiary/aromatic N) is 2. The molecule has 0 amide bonds. The van der Waals surface area contributed by atoms with Crippen molar-refractivity contribution in [3.63, 3.8) is 0 Å². The second kappa shape index (κ2) is 11.5. The third-order valence-corrected chi connectivity index (χ3v) is 6.15. The van der Waals surface area contributed by atoms with Crippen molar-refractivity contribution >= 4 is 53.0 Å². The van der Waals surface area contributed by atoms with E-state index in [1.807, 2.05) is 0 Å². The molecule has 1 aliphatic rings. The highest BCUT2D eigenvalue weighted by Gasteiger charge is 2.17. The summed E-state index contributed by atoms with van der Waals surface area (Å²) in [7, 11) is 4.24. The zero-order valence-corrected chi connectivity index (χ0v) is 18.2. The molecule has 0 spiro atoms. The van der Waals surface area contributed by atoms with E-state index in [0.717, 1.165) is 30.8 Å². The summed E-state index contributed by atoms with van der Waals surface area (Å²) >= 11 is 3.88. The summed E-state index contributed by atoms with van der Waals surface area (Å²) in [5, 5.41) is 9.74. The molecule has 2 heterocycles. The maximum Gasteiger partial charge on any atom is 0.191 e. The Morgan fingerprint density at radius 3 is 2.83 bits per heavy atom. The standard InChI is InChI=1S/C16H28N4S2.HI/c1-4-17-16(18-11-13-7-5-9-21-13)19-12-14(20(2)3)15-8-6-10-22-15;/h6,8,10,13-14H,4-5,7,9,11-12H2,1-3H3,(H2,17,18,19);1H. The third-order valence-electron chi connectivity index (χ3n) is 3.78. The molecule has 0 bridgehead atoms. The Bertz CT molecular complexity index is 445. The van der Waals surface area contributed by atoms with E-state index >= 15 is 0 Å². The van der Waals surface area contributed by atoms with Crippen LogP contribution in [0.15, 0.2) is 22.5 Å². The number of likely N-dealkylation sites (N-methyl/N-ethyl adjacent to an activating group) is 1. The fourth-order valence-corrected chi connectivity index (χ4v) is 4.64. The van der Waals surface area contributed by atoms with Crippen molar-refractivity contribution < 1.29 is 0 Å². The third kappa shape index (κ3) is 7.19. The second-order valence-corrected chi connectivity index (χ2v) is 8.12. The molecule has 7 heteroatoms. The highest BCUT2D eigenvalue weighted by Crippen LogP contribution is 2.25. The van der Waals surface area contributed by atoms with Gasteiger partial charge in [0.15, 0.2) is 5.96 Å². The average molecular weight is 468 g/mol. The minimum atomic E-state index is 0. The van der Waals surface area contributed by atoms with Crippen LogP contribution in [0.2, 0.25) is 0 Å². The van der Waals surface area contributed by atoms with E-state index in [-0.39, 0.29) is 24.0 Å². The number of hydrogen-bond acceptors (Lipinski definition) is 4. The molecule has 1 aromatic rings. The number of rotatable bonds is 7. The quantitative estimate of drug-likeness (QED) is 0.366. The van der Waals surface area contributed by atoms with Gasteiger partial charge in [0.25, 0.3) is 0 Å². The first-order valence-corrected chi connectivity index (χ1v) is 9.97. The second-order valence-electron chi connectivity index (χ2n) is 5.73. The Kier molecular flexibility index (Phi) is 10.6. The van der Waals surface area contributed by atoms with E-state index in [4.69, 9.17) is 4.99 Å². The normalized spacial score (nSPS) is 19.5. The van der Waals surface area contributed by atoms with Crippen molar-refractivity contribution in [2.24, 2.45) is 4.99 Å². The summed E-state index contributed by atoms with van der Waals surface area (Å²) in [5.74, 6) is 2.25. The van der Waals surface area contributed by atoms with Crippen molar-refractivity contribution in [3.8, 4) is 0 Å². The first-order valence-electron chi connectivity index (χ1n) is 8.04.